The average Bonchev–Trinajstić information content (AvgIpc) is 2.53. The number of ether oxygens (including phenoxy) is 1. The smallest absolute Gasteiger partial charge is 0.339 e. The molecule has 4 heteroatoms. The maximum absolute atomic E-state index is 11.1. The molecule has 0 aliphatic rings. The lowest BCUT2D eigenvalue weighted by Gasteiger charge is -2.01. The number of aromatic carboxylic acids is 1. The zero-order valence-corrected chi connectivity index (χ0v) is 9.11. The van der Waals surface area contributed by atoms with E-state index in [1.807, 2.05) is 6.92 Å². The van der Waals surface area contributed by atoms with Crippen LogP contribution in [0.5, 0.6) is 5.75 Å². The van der Waals surface area contributed by atoms with Crippen molar-refractivity contribution in [1.82, 2.24) is 0 Å². The van der Waals surface area contributed by atoms with Crippen molar-refractivity contribution >= 4 is 16.9 Å². The molecule has 0 radical (unpaired) electrons. The third kappa shape index (κ3) is 1.62. The van der Waals surface area contributed by atoms with Crippen LogP contribution in [0.4, 0.5) is 0 Å². The summed E-state index contributed by atoms with van der Waals surface area (Å²) in [5.74, 6) is 0.0827. The molecule has 16 heavy (non-hydrogen) atoms. The predicted molar refractivity (Wildman–Crippen MR) is 59.1 cm³/mol. The van der Waals surface area contributed by atoms with Gasteiger partial charge in [0, 0.05) is 5.39 Å². The minimum absolute atomic E-state index is 0.205. The summed E-state index contributed by atoms with van der Waals surface area (Å²) in [5, 5.41) is 9.65. The molecule has 2 aromatic rings. The number of carboxylic acid groups (broad SMARTS) is 1. The lowest BCUT2D eigenvalue weighted by Crippen LogP contribution is -1.97. The van der Waals surface area contributed by atoms with E-state index < -0.39 is 5.97 Å². The molecule has 4 nitrogen and oxygen atoms in total. The molecule has 1 aromatic heterocycles. The van der Waals surface area contributed by atoms with Crippen molar-refractivity contribution in [2.45, 2.75) is 13.8 Å². The van der Waals surface area contributed by atoms with Crippen LogP contribution in [0, 0.1) is 6.92 Å². The number of hydrogen-bond donors (Lipinski definition) is 1. The molecule has 2 rings (SSSR count). The number of fused-ring (bicyclic) bond motifs is 1. The predicted octanol–water partition coefficient (Wildman–Crippen LogP) is 2.84. The first kappa shape index (κ1) is 10.5. The minimum atomic E-state index is -0.982. The van der Waals surface area contributed by atoms with Crippen molar-refractivity contribution in [3.63, 3.8) is 0 Å². The number of benzene rings is 1. The van der Waals surface area contributed by atoms with Crippen LogP contribution >= 0.6 is 0 Å². The van der Waals surface area contributed by atoms with E-state index in [0.717, 1.165) is 0 Å². The Bertz CT molecular complexity index is 539. The summed E-state index contributed by atoms with van der Waals surface area (Å²) in [6.07, 6.45) is 0. The third-order valence-corrected chi connectivity index (χ3v) is 2.36. The summed E-state index contributed by atoms with van der Waals surface area (Å²) in [4.78, 5) is 11.1. The number of carboxylic acids is 1. The van der Waals surface area contributed by atoms with Gasteiger partial charge in [0.2, 0.25) is 0 Å². The molecule has 0 aliphatic carbocycles. The second-order valence-electron chi connectivity index (χ2n) is 3.43. The Labute approximate surface area is 92.4 Å². The van der Waals surface area contributed by atoms with E-state index in [0.29, 0.717) is 29.1 Å². The number of furan rings is 1. The highest BCUT2D eigenvalue weighted by Crippen LogP contribution is 2.28. The SMILES string of the molecule is CCOc1ccc2oc(C)c(C(=O)O)c2c1. The zero-order valence-electron chi connectivity index (χ0n) is 9.11. The highest BCUT2D eigenvalue weighted by molar-refractivity contribution is 6.03. The largest absolute Gasteiger partial charge is 0.494 e. The van der Waals surface area contributed by atoms with Gasteiger partial charge in [0.1, 0.15) is 22.7 Å². The van der Waals surface area contributed by atoms with Crippen molar-refractivity contribution in [3.05, 3.63) is 29.5 Å². The first-order chi connectivity index (χ1) is 7.63. The Hall–Kier alpha value is -1.97. The summed E-state index contributed by atoms with van der Waals surface area (Å²) in [7, 11) is 0. The number of rotatable bonds is 3. The lowest BCUT2D eigenvalue weighted by molar-refractivity contribution is 0.0697. The molecule has 1 heterocycles. The average molecular weight is 220 g/mol. The van der Waals surface area contributed by atoms with Gasteiger partial charge in [0.25, 0.3) is 0 Å². The molecular formula is C12H12O4. The molecule has 0 unspecified atom stereocenters. The van der Waals surface area contributed by atoms with Gasteiger partial charge in [-0.2, -0.15) is 0 Å². The molecule has 1 N–H and O–H groups in total. The van der Waals surface area contributed by atoms with E-state index in [4.69, 9.17) is 14.3 Å². The van der Waals surface area contributed by atoms with Gasteiger partial charge in [0.05, 0.1) is 6.61 Å². The van der Waals surface area contributed by atoms with Gasteiger partial charge in [-0.15, -0.1) is 0 Å². The van der Waals surface area contributed by atoms with E-state index >= 15 is 0 Å². The monoisotopic (exact) mass is 220 g/mol. The minimum Gasteiger partial charge on any atom is -0.494 e. The topological polar surface area (TPSA) is 59.7 Å². The Kier molecular flexibility index (Phi) is 2.56. The van der Waals surface area contributed by atoms with Gasteiger partial charge in [-0.3, -0.25) is 0 Å². The quantitative estimate of drug-likeness (QED) is 0.863. The van der Waals surface area contributed by atoms with Gasteiger partial charge in [0.15, 0.2) is 0 Å². The normalized spacial score (nSPS) is 10.6. The van der Waals surface area contributed by atoms with Crippen LogP contribution in [0.3, 0.4) is 0 Å². The van der Waals surface area contributed by atoms with E-state index in [-0.39, 0.29) is 5.56 Å². The summed E-state index contributed by atoms with van der Waals surface area (Å²) in [6.45, 7) is 4.07. The summed E-state index contributed by atoms with van der Waals surface area (Å²) in [5.41, 5.74) is 0.773. The Morgan fingerprint density at radius 1 is 1.50 bits per heavy atom. The molecule has 0 aliphatic heterocycles. The van der Waals surface area contributed by atoms with Crippen molar-refractivity contribution in [2.24, 2.45) is 0 Å². The van der Waals surface area contributed by atoms with Gasteiger partial charge in [-0.1, -0.05) is 0 Å². The Morgan fingerprint density at radius 2 is 2.25 bits per heavy atom. The maximum Gasteiger partial charge on any atom is 0.339 e. The van der Waals surface area contributed by atoms with Crippen molar-refractivity contribution < 1.29 is 19.1 Å². The van der Waals surface area contributed by atoms with Crippen molar-refractivity contribution in [1.29, 1.82) is 0 Å². The van der Waals surface area contributed by atoms with E-state index in [1.54, 1.807) is 25.1 Å². The fourth-order valence-corrected chi connectivity index (χ4v) is 1.72. The van der Waals surface area contributed by atoms with Crippen LogP contribution in [-0.2, 0) is 0 Å². The lowest BCUT2D eigenvalue weighted by atomic mass is 10.1. The molecule has 84 valence electrons. The summed E-state index contributed by atoms with van der Waals surface area (Å²) in [6, 6.07) is 5.18. The van der Waals surface area contributed by atoms with E-state index in [9.17, 15) is 4.79 Å². The summed E-state index contributed by atoms with van der Waals surface area (Å²) < 4.78 is 10.7. The number of carbonyl (C=O) groups is 1. The third-order valence-electron chi connectivity index (χ3n) is 2.36. The molecule has 0 atom stereocenters. The molecular weight excluding hydrogens is 208 g/mol. The van der Waals surface area contributed by atoms with Crippen LogP contribution in [0.25, 0.3) is 11.0 Å². The van der Waals surface area contributed by atoms with E-state index in [1.165, 1.54) is 0 Å². The molecule has 0 bridgehead atoms. The highest BCUT2D eigenvalue weighted by atomic mass is 16.5. The molecule has 1 aromatic carbocycles. The second-order valence-corrected chi connectivity index (χ2v) is 3.43. The second kappa shape index (κ2) is 3.89. The van der Waals surface area contributed by atoms with Crippen LogP contribution in [-0.4, -0.2) is 17.7 Å². The van der Waals surface area contributed by atoms with Crippen LogP contribution < -0.4 is 4.74 Å². The highest BCUT2D eigenvalue weighted by Gasteiger charge is 2.17. The summed E-state index contributed by atoms with van der Waals surface area (Å²) >= 11 is 0. The van der Waals surface area contributed by atoms with Gasteiger partial charge in [-0.25, -0.2) is 4.79 Å². The maximum atomic E-state index is 11.1. The van der Waals surface area contributed by atoms with Crippen LogP contribution in [0.2, 0.25) is 0 Å². The number of aryl methyl sites for hydroxylation is 1. The van der Waals surface area contributed by atoms with Crippen LogP contribution in [0.15, 0.2) is 22.6 Å². The fourth-order valence-electron chi connectivity index (χ4n) is 1.72. The number of hydrogen-bond acceptors (Lipinski definition) is 3. The van der Waals surface area contributed by atoms with Gasteiger partial charge >= 0.3 is 5.97 Å². The zero-order chi connectivity index (χ0) is 11.7. The Morgan fingerprint density at radius 3 is 2.88 bits per heavy atom. The first-order valence-corrected chi connectivity index (χ1v) is 5.02. The fraction of sp³-hybridized carbons (Fsp3) is 0.250. The molecule has 0 saturated carbocycles. The first-order valence-electron chi connectivity index (χ1n) is 5.02. The standard InChI is InChI=1S/C12H12O4/c1-3-15-8-4-5-10-9(6-8)11(12(13)14)7(2)16-10/h4-6H,3H2,1-2H3,(H,13,14). The van der Waals surface area contributed by atoms with Gasteiger partial charge in [-0.05, 0) is 32.0 Å². The molecule has 0 saturated heterocycles. The molecule has 0 spiro atoms. The van der Waals surface area contributed by atoms with Crippen molar-refractivity contribution in [3.8, 4) is 5.75 Å². The van der Waals surface area contributed by atoms with Gasteiger partial charge < -0.3 is 14.3 Å². The Balaban J connectivity index is 2.64. The molecule has 0 amide bonds. The molecule has 0 fully saturated rings. The van der Waals surface area contributed by atoms with Crippen LogP contribution in [0.1, 0.15) is 23.0 Å². The van der Waals surface area contributed by atoms with Crippen molar-refractivity contribution in [2.75, 3.05) is 6.61 Å². The van der Waals surface area contributed by atoms with E-state index in [2.05, 4.69) is 0 Å².